The molecular weight excluding hydrogens is 598 g/mol. The molecule has 244 valence electrons. The number of methoxy groups -OCH3 is 1. The lowest BCUT2D eigenvalue weighted by Crippen LogP contribution is -2.64. The third-order valence-electron chi connectivity index (χ3n) is 8.66. The van der Waals surface area contributed by atoms with Gasteiger partial charge < -0.3 is 43.0 Å². The molecule has 10 N–H and O–H groups in total. The van der Waals surface area contributed by atoms with Crippen LogP contribution in [0.5, 0.6) is 11.5 Å². The fourth-order valence-electron chi connectivity index (χ4n) is 6.55. The molecule has 2 unspecified atom stereocenters. The van der Waals surface area contributed by atoms with Gasteiger partial charge in [0.1, 0.15) is 22.9 Å². The maximum absolute atomic E-state index is 13.7. The van der Waals surface area contributed by atoms with E-state index in [-0.39, 0.29) is 47.3 Å². The highest BCUT2D eigenvalue weighted by molar-refractivity contribution is 5.96. The molecule has 3 aromatic rings. The average Bonchev–Trinajstić information content (AvgIpc) is 3.51. The number of aryl methyl sites for hydroxylation is 2. The summed E-state index contributed by atoms with van der Waals surface area (Å²) in [6, 6.07) is 6.34. The van der Waals surface area contributed by atoms with Crippen molar-refractivity contribution in [3.8, 4) is 11.5 Å². The van der Waals surface area contributed by atoms with Gasteiger partial charge in [-0.25, -0.2) is 0 Å². The van der Waals surface area contributed by atoms with Gasteiger partial charge in [0.25, 0.3) is 11.6 Å². The van der Waals surface area contributed by atoms with Crippen molar-refractivity contribution in [3.05, 3.63) is 74.1 Å². The highest BCUT2D eigenvalue weighted by Gasteiger charge is 2.56. The summed E-state index contributed by atoms with van der Waals surface area (Å²) in [5.41, 5.74) is 25.5. The first-order valence-electron chi connectivity index (χ1n) is 14.7. The number of nitrogens with one attached hydrogen (secondary N) is 2. The predicted molar refractivity (Wildman–Crippen MR) is 167 cm³/mol. The highest BCUT2D eigenvalue weighted by Crippen LogP contribution is 2.55. The summed E-state index contributed by atoms with van der Waals surface area (Å²) >= 11 is 0. The van der Waals surface area contributed by atoms with Crippen LogP contribution in [0.25, 0.3) is 0 Å². The summed E-state index contributed by atoms with van der Waals surface area (Å²) in [6.45, 7) is 4.60. The number of nitrogens with zero attached hydrogens (tertiary/aromatic N) is 3. The molecular formula is C30H37N9O7. The summed E-state index contributed by atoms with van der Waals surface area (Å²) in [6.07, 6.45) is 1.00. The van der Waals surface area contributed by atoms with Gasteiger partial charge in [-0.1, -0.05) is 0 Å². The van der Waals surface area contributed by atoms with E-state index >= 15 is 0 Å². The lowest BCUT2D eigenvalue weighted by molar-refractivity contribution is -0.384. The number of primary amides is 2. The van der Waals surface area contributed by atoms with Crippen LogP contribution in [0.2, 0.25) is 0 Å². The summed E-state index contributed by atoms with van der Waals surface area (Å²) in [4.78, 5) is 48.6. The number of carbonyl (C=O) groups is 3. The number of rotatable bonds is 12. The van der Waals surface area contributed by atoms with E-state index in [0.717, 1.165) is 6.07 Å². The van der Waals surface area contributed by atoms with Gasteiger partial charge in [-0.3, -0.25) is 29.2 Å². The Labute approximate surface area is 263 Å². The molecule has 2 heterocycles. The molecule has 5 rings (SSSR count). The van der Waals surface area contributed by atoms with Crippen LogP contribution in [0.4, 0.5) is 11.4 Å². The van der Waals surface area contributed by atoms with Gasteiger partial charge in [0.15, 0.2) is 5.69 Å². The number of nitro benzene ring substituents is 1. The number of hydrogen-bond donors (Lipinski definition) is 6. The van der Waals surface area contributed by atoms with E-state index in [4.69, 9.17) is 32.4 Å². The van der Waals surface area contributed by atoms with E-state index in [2.05, 4.69) is 15.7 Å². The van der Waals surface area contributed by atoms with E-state index in [1.807, 2.05) is 6.92 Å². The third kappa shape index (κ3) is 5.56. The lowest BCUT2D eigenvalue weighted by atomic mass is 9.77. The van der Waals surface area contributed by atoms with E-state index in [9.17, 15) is 24.5 Å². The minimum Gasteiger partial charge on any atom is -0.494 e. The molecule has 16 nitrogen and oxygen atoms in total. The average molecular weight is 636 g/mol. The molecule has 4 atom stereocenters. The normalized spacial score (nSPS) is 21.2. The van der Waals surface area contributed by atoms with Crippen LogP contribution in [0.15, 0.2) is 30.3 Å². The van der Waals surface area contributed by atoms with Crippen molar-refractivity contribution >= 4 is 29.1 Å². The van der Waals surface area contributed by atoms with Crippen molar-refractivity contribution in [2.45, 2.75) is 50.9 Å². The van der Waals surface area contributed by atoms with Crippen LogP contribution in [-0.2, 0) is 6.54 Å². The smallest absolute Gasteiger partial charge is 0.296 e. The van der Waals surface area contributed by atoms with Crippen LogP contribution in [-0.4, -0.2) is 58.3 Å². The van der Waals surface area contributed by atoms with E-state index in [1.165, 1.54) is 13.2 Å². The summed E-state index contributed by atoms with van der Waals surface area (Å²) in [7, 11) is 1.33. The van der Waals surface area contributed by atoms with E-state index in [0.29, 0.717) is 47.7 Å². The summed E-state index contributed by atoms with van der Waals surface area (Å²) < 4.78 is 13.0. The van der Waals surface area contributed by atoms with Crippen molar-refractivity contribution in [2.75, 3.05) is 25.6 Å². The minimum absolute atomic E-state index is 0.0570. The van der Waals surface area contributed by atoms with Gasteiger partial charge in [-0.2, -0.15) is 5.10 Å². The fourth-order valence-corrected chi connectivity index (χ4v) is 6.55. The van der Waals surface area contributed by atoms with E-state index in [1.54, 1.807) is 29.8 Å². The van der Waals surface area contributed by atoms with Crippen LogP contribution < -0.4 is 43.0 Å². The molecule has 1 aliphatic carbocycles. The lowest BCUT2D eigenvalue weighted by Gasteiger charge is -2.42. The molecule has 0 spiro atoms. The zero-order valence-corrected chi connectivity index (χ0v) is 25.7. The molecule has 0 saturated heterocycles. The summed E-state index contributed by atoms with van der Waals surface area (Å²) in [5, 5.41) is 22.2. The first kappa shape index (κ1) is 32.2. The van der Waals surface area contributed by atoms with Crippen molar-refractivity contribution < 1.29 is 28.8 Å². The Balaban J connectivity index is 1.43. The third-order valence-corrected chi connectivity index (χ3v) is 8.66. The van der Waals surface area contributed by atoms with Crippen LogP contribution in [0.3, 0.4) is 0 Å². The zero-order valence-electron chi connectivity index (χ0n) is 25.7. The topological polar surface area (TPSA) is 259 Å². The molecule has 16 heteroatoms. The number of hydrogen-bond acceptors (Lipinski definition) is 11. The first-order chi connectivity index (χ1) is 21.8. The van der Waals surface area contributed by atoms with Crippen LogP contribution in [0, 0.1) is 23.0 Å². The summed E-state index contributed by atoms with van der Waals surface area (Å²) in [5.74, 6) is -2.17. The molecule has 0 saturated carbocycles. The predicted octanol–water partition coefficient (Wildman–Crippen LogP) is 1.41. The van der Waals surface area contributed by atoms with Gasteiger partial charge >= 0.3 is 0 Å². The number of amides is 3. The second-order valence-corrected chi connectivity index (χ2v) is 11.5. The Morgan fingerprint density at radius 3 is 2.50 bits per heavy atom. The Hall–Kier alpha value is -5.22. The molecule has 3 amide bonds. The monoisotopic (exact) mass is 635 g/mol. The Morgan fingerprint density at radius 1 is 1.17 bits per heavy atom. The Morgan fingerprint density at radius 2 is 1.87 bits per heavy atom. The standard InChI is InChI=1S/C30H37N9O7/c1-4-38-20(8-14(2)37-38)29(42)36-30(34)24-15(13-46-21-11-16(27(32)40)9-18(23(21)24)26(30)31)6-5-7-35-25-19(39(43)44)10-17(28(33)41)12-22(25)45-3/h8-12,15,24,26,35H,4-7,13,31,34H2,1-3H3,(H2,32,40)(H2,33,41)(H,36,42)/t15-,24?,26?,30-/m1/s1. The number of nitro groups is 1. The number of ether oxygens (including phenoxy) is 2. The molecule has 1 aliphatic heterocycles. The largest absolute Gasteiger partial charge is 0.494 e. The number of benzene rings is 2. The van der Waals surface area contributed by atoms with Gasteiger partial charge in [0.2, 0.25) is 11.8 Å². The molecule has 46 heavy (non-hydrogen) atoms. The molecule has 2 aliphatic rings. The first-order valence-corrected chi connectivity index (χ1v) is 14.7. The zero-order chi connectivity index (χ0) is 33.5. The Kier molecular flexibility index (Phi) is 8.60. The molecule has 0 bridgehead atoms. The number of nitrogens with two attached hydrogens (primary N) is 4. The molecule has 1 aromatic heterocycles. The second-order valence-electron chi connectivity index (χ2n) is 11.5. The number of aromatic nitrogens is 2. The Bertz CT molecular complexity index is 1740. The molecule has 0 fully saturated rings. The van der Waals surface area contributed by atoms with Gasteiger partial charge in [-0.15, -0.1) is 0 Å². The SMILES string of the molecule is CCn1nc(C)cc1C(=O)N[C@@]1(N)C(N)c2cc(C(N)=O)cc3c2C1[C@H](CCCNc1c(OC)cc(C(N)=O)cc1[N+](=O)[O-])CO3. The second kappa shape index (κ2) is 12.3. The highest BCUT2D eigenvalue weighted by atomic mass is 16.6. The van der Waals surface area contributed by atoms with E-state index < -0.39 is 40.3 Å². The maximum Gasteiger partial charge on any atom is 0.296 e. The van der Waals surface area contributed by atoms with Crippen molar-refractivity contribution in [1.82, 2.24) is 15.1 Å². The van der Waals surface area contributed by atoms with Crippen LogP contribution >= 0.6 is 0 Å². The minimum atomic E-state index is -1.48. The van der Waals surface area contributed by atoms with Crippen molar-refractivity contribution in [2.24, 2.45) is 28.9 Å². The quantitative estimate of drug-likeness (QED) is 0.0717. The van der Waals surface area contributed by atoms with Crippen LogP contribution in [0.1, 0.15) is 79.8 Å². The number of carbonyl (C=O) groups excluding carboxylic acids is 3. The van der Waals surface area contributed by atoms with Gasteiger partial charge in [-0.05, 0) is 56.5 Å². The van der Waals surface area contributed by atoms with Crippen molar-refractivity contribution in [3.63, 3.8) is 0 Å². The molecule has 2 aromatic carbocycles. The van der Waals surface area contributed by atoms with Gasteiger partial charge in [0.05, 0.1) is 30.4 Å². The maximum atomic E-state index is 13.7. The van der Waals surface area contributed by atoms with Gasteiger partial charge in [0, 0.05) is 47.7 Å². The van der Waals surface area contributed by atoms with Crippen molar-refractivity contribution in [1.29, 1.82) is 0 Å². The fraction of sp³-hybridized carbons (Fsp3) is 0.400. The molecule has 0 radical (unpaired) electrons. The number of anilines is 1.